The summed E-state index contributed by atoms with van der Waals surface area (Å²) in [4.78, 5) is 4.16. The summed E-state index contributed by atoms with van der Waals surface area (Å²) in [5.74, 6) is 7.84. The van der Waals surface area contributed by atoms with E-state index in [9.17, 15) is 0 Å². The van der Waals surface area contributed by atoms with Crippen LogP contribution >= 0.6 is 11.6 Å². The van der Waals surface area contributed by atoms with Gasteiger partial charge in [-0.15, -0.1) is 11.6 Å². The van der Waals surface area contributed by atoms with Gasteiger partial charge in [0, 0.05) is 11.8 Å². The molecule has 0 aliphatic heterocycles. The van der Waals surface area contributed by atoms with Gasteiger partial charge in [0.05, 0.1) is 18.2 Å². The fourth-order valence-corrected chi connectivity index (χ4v) is 2.60. The SMILES string of the molecule is CCC1CCC(Oc2cncc(C#CCCl)c2)CC1. The summed E-state index contributed by atoms with van der Waals surface area (Å²) < 4.78 is 6.01. The maximum absolute atomic E-state index is 6.01. The lowest BCUT2D eigenvalue weighted by molar-refractivity contribution is 0.129. The highest BCUT2D eigenvalue weighted by Crippen LogP contribution is 2.29. The molecule has 0 amide bonds. The number of hydrogen-bond donors (Lipinski definition) is 0. The Balaban J connectivity index is 1.92. The first kappa shape index (κ1) is 14.2. The van der Waals surface area contributed by atoms with E-state index in [1.807, 2.05) is 6.07 Å². The summed E-state index contributed by atoms with van der Waals surface area (Å²) in [6.07, 6.45) is 9.98. The van der Waals surface area contributed by atoms with Crippen LogP contribution in [0.1, 0.15) is 44.6 Å². The van der Waals surface area contributed by atoms with Gasteiger partial charge < -0.3 is 4.74 Å². The molecule has 0 N–H and O–H groups in total. The lowest BCUT2D eigenvalue weighted by Crippen LogP contribution is -2.23. The van der Waals surface area contributed by atoms with Crippen LogP contribution in [0.3, 0.4) is 0 Å². The highest BCUT2D eigenvalue weighted by Gasteiger charge is 2.21. The highest BCUT2D eigenvalue weighted by atomic mass is 35.5. The Morgan fingerprint density at radius 2 is 2.11 bits per heavy atom. The molecule has 0 aromatic carbocycles. The van der Waals surface area contributed by atoms with Crippen molar-refractivity contribution in [1.82, 2.24) is 4.98 Å². The van der Waals surface area contributed by atoms with Crippen molar-refractivity contribution >= 4 is 11.6 Å². The van der Waals surface area contributed by atoms with Crippen LogP contribution in [0.2, 0.25) is 0 Å². The molecule has 0 radical (unpaired) electrons. The van der Waals surface area contributed by atoms with E-state index in [0.29, 0.717) is 12.0 Å². The second-order valence-corrected chi connectivity index (χ2v) is 5.28. The van der Waals surface area contributed by atoms with Crippen molar-refractivity contribution in [3.05, 3.63) is 24.0 Å². The van der Waals surface area contributed by atoms with Crippen LogP contribution in [0.4, 0.5) is 0 Å². The number of alkyl halides is 1. The number of nitrogens with zero attached hydrogens (tertiary/aromatic N) is 1. The van der Waals surface area contributed by atoms with Gasteiger partial charge in [0.25, 0.3) is 0 Å². The van der Waals surface area contributed by atoms with Crippen LogP contribution in [0.25, 0.3) is 0 Å². The third-order valence-electron chi connectivity index (χ3n) is 3.69. The second kappa shape index (κ2) is 7.40. The largest absolute Gasteiger partial charge is 0.489 e. The van der Waals surface area contributed by atoms with Gasteiger partial charge in [-0.3, -0.25) is 4.98 Å². The fourth-order valence-electron chi connectivity index (χ4n) is 2.54. The normalized spacial score (nSPS) is 22.4. The zero-order valence-electron chi connectivity index (χ0n) is 11.4. The Hall–Kier alpha value is -1.20. The monoisotopic (exact) mass is 277 g/mol. The van der Waals surface area contributed by atoms with Gasteiger partial charge in [-0.05, 0) is 37.7 Å². The molecule has 19 heavy (non-hydrogen) atoms. The number of ether oxygens (including phenoxy) is 1. The van der Waals surface area contributed by atoms with Gasteiger partial charge in [0.2, 0.25) is 0 Å². The van der Waals surface area contributed by atoms with Crippen LogP contribution in [0, 0.1) is 17.8 Å². The molecule has 0 atom stereocenters. The predicted octanol–water partition coefficient (Wildman–Crippen LogP) is 4.02. The molecule has 102 valence electrons. The van der Waals surface area contributed by atoms with E-state index in [1.165, 1.54) is 19.3 Å². The number of rotatable bonds is 3. The van der Waals surface area contributed by atoms with E-state index in [4.69, 9.17) is 16.3 Å². The Bertz CT molecular complexity index is 455. The number of aromatic nitrogens is 1. The minimum absolute atomic E-state index is 0.334. The predicted molar refractivity (Wildman–Crippen MR) is 78.5 cm³/mol. The summed E-state index contributed by atoms with van der Waals surface area (Å²) >= 11 is 5.55. The van der Waals surface area contributed by atoms with Crippen LogP contribution in [-0.4, -0.2) is 17.0 Å². The van der Waals surface area contributed by atoms with Gasteiger partial charge in [-0.2, -0.15) is 0 Å². The van der Waals surface area contributed by atoms with Crippen molar-refractivity contribution in [3.63, 3.8) is 0 Å². The van der Waals surface area contributed by atoms with Crippen LogP contribution in [0.5, 0.6) is 5.75 Å². The van der Waals surface area contributed by atoms with Crippen LogP contribution in [-0.2, 0) is 0 Å². The summed E-state index contributed by atoms with van der Waals surface area (Å²) in [7, 11) is 0. The molecular weight excluding hydrogens is 258 g/mol. The Kier molecular flexibility index (Phi) is 5.54. The molecule has 2 rings (SSSR count). The molecule has 1 aromatic heterocycles. The standard InChI is InChI=1S/C16H20ClNO/c1-2-13-5-7-15(8-6-13)19-16-10-14(4-3-9-17)11-18-12-16/h10-13,15H,2,5-9H2,1H3. The number of pyridine rings is 1. The third kappa shape index (κ3) is 4.44. The minimum atomic E-state index is 0.334. The molecule has 2 nitrogen and oxygen atoms in total. The maximum Gasteiger partial charge on any atom is 0.139 e. The summed E-state index contributed by atoms with van der Waals surface area (Å²) in [5, 5.41) is 0. The van der Waals surface area contributed by atoms with E-state index in [0.717, 1.165) is 30.1 Å². The van der Waals surface area contributed by atoms with Gasteiger partial charge in [-0.25, -0.2) is 0 Å². The topological polar surface area (TPSA) is 22.1 Å². The van der Waals surface area contributed by atoms with Crippen LogP contribution in [0.15, 0.2) is 18.5 Å². The molecule has 0 saturated heterocycles. The summed E-state index contributed by atoms with van der Waals surface area (Å²) in [6.45, 7) is 2.27. The van der Waals surface area contributed by atoms with Gasteiger partial charge in [0.15, 0.2) is 0 Å². The first-order valence-corrected chi connectivity index (χ1v) is 7.51. The molecule has 1 aliphatic carbocycles. The average molecular weight is 278 g/mol. The first-order chi connectivity index (χ1) is 9.31. The molecule has 3 heteroatoms. The smallest absolute Gasteiger partial charge is 0.139 e. The van der Waals surface area contributed by atoms with E-state index >= 15 is 0 Å². The zero-order chi connectivity index (χ0) is 13.5. The van der Waals surface area contributed by atoms with Gasteiger partial charge >= 0.3 is 0 Å². The highest BCUT2D eigenvalue weighted by molar-refractivity contribution is 6.19. The van der Waals surface area contributed by atoms with Crippen molar-refractivity contribution in [1.29, 1.82) is 0 Å². The lowest BCUT2D eigenvalue weighted by atomic mass is 9.86. The molecule has 1 heterocycles. The molecule has 1 fully saturated rings. The number of halogens is 1. The number of hydrogen-bond acceptors (Lipinski definition) is 2. The Morgan fingerprint density at radius 1 is 1.32 bits per heavy atom. The van der Waals surface area contributed by atoms with E-state index in [1.54, 1.807) is 12.4 Å². The lowest BCUT2D eigenvalue weighted by Gasteiger charge is -2.28. The average Bonchev–Trinajstić information content (AvgIpc) is 2.46. The van der Waals surface area contributed by atoms with E-state index in [2.05, 4.69) is 23.7 Å². The summed E-state index contributed by atoms with van der Waals surface area (Å²) in [6, 6.07) is 1.94. The Labute approximate surface area is 120 Å². The van der Waals surface area contributed by atoms with Crippen LogP contribution < -0.4 is 4.74 Å². The van der Waals surface area contributed by atoms with E-state index < -0.39 is 0 Å². The van der Waals surface area contributed by atoms with Crippen molar-refractivity contribution in [2.75, 3.05) is 5.88 Å². The molecule has 1 aromatic rings. The zero-order valence-corrected chi connectivity index (χ0v) is 12.1. The molecule has 1 aliphatic rings. The van der Waals surface area contributed by atoms with Crippen molar-refractivity contribution < 1.29 is 4.74 Å². The second-order valence-electron chi connectivity index (χ2n) is 5.01. The maximum atomic E-state index is 6.01. The third-order valence-corrected chi connectivity index (χ3v) is 3.82. The molecule has 0 spiro atoms. The van der Waals surface area contributed by atoms with Gasteiger partial charge in [-0.1, -0.05) is 25.2 Å². The first-order valence-electron chi connectivity index (χ1n) is 6.98. The quantitative estimate of drug-likeness (QED) is 0.615. The van der Waals surface area contributed by atoms with E-state index in [-0.39, 0.29) is 0 Å². The Morgan fingerprint density at radius 3 is 2.79 bits per heavy atom. The van der Waals surface area contributed by atoms with Crippen molar-refractivity contribution in [3.8, 4) is 17.6 Å². The fraction of sp³-hybridized carbons (Fsp3) is 0.562. The minimum Gasteiger partial charge on any atom is -0.489 e. The van der Waals surface area contributed by atoms with Gasteiger partial charge in [0.1, 0.15) is 5.75 Å². The van der Waals surface area contributed by atoms with Crippen molar-refractivity contribution in [2.24, 2.45) is 5.92 Å². The molecular formula is C16H20ClNO. The molecule has 0 unspecified atom stereocenters. The molecule has 0 bridgehead atoms. The van der Waals surface area contributed by atoms with Crippen molar-refractivity contribution in [2.45, 2.75) is 45.1 Å². The molecule has 1 saturated carbocycles. The summed E-state index contributed by atoms with van der Waals surface area (Å²) in [5.41, 5.74) is 0.861.